The monoisotopic (exact) mass is 327 g/mol. The predicted octanol–water partition coefficient (Wildman–Crippen LogP) is 2.97. The Morgan fingerprint density at radius 3 is 2.75 bits per heavy atom. The van der Waals surface area contributed by atoms with Crippen LogP contribution in [-0.4, -0.2) is 46.4 Å². The zero-order valence-corrected chi connectivity index (χ0v) is 14.4. The highest BCUT2D eigenvalue weighted by Crippen LogP contribution is 2.19. The van der Waals surface area contributed by atoms with E-state index in [-0.39, 0.29) is 11.9 Å². The number of hydrogen-bond acceptors (Lipinski definition) is 4. The van der Waals surface area contributed by atoms with Gasteiger partial charge in [0.2, 0.25) is 0 Å². The van der Waals surface area contributed by atoms with E-state index in [0.717, 1.165) is 32.6 Å². The lowest BCUT2D eigenvalue weighted by Gasteiger charge is -2.41. The molecule has 1 aromatic heterocycles. The van der Waals surface area contributed by atoms with Gasteiger partial charge in [0.15, 0.2) is 12.1 Å². The Balaban J connectivity index is 1.68. The minimum absolute atomic E-state index is 0.00631. The number of oxazole rings is 1. The highest BCUT2D eigenvalue weighted by molar-refractivity contribution is 5.93. The van der Waals surface area contributed by atoms with Gasteiger partial charge in [-0.2, -0.15) is 0 Å². The number of aromatic nitrogens is 1. The molecule has 0 spiro atoms. The molecule has 5 heteroatoms. The van der Waals surface area contributed by atoms with Gasteiger partial charge in [0.05, 0.1) is 0 Å². The normalized spacial score (nSPS) is 18.8. The van der Waals surface area contributed by atoms with E-state index in [1.54, 1.807) is 0 Å². The van der Waals surface area contributed by atoms with Gasteiger partial charge in [-0.1, -0.05) is 44.2 Å². The van der Waals surface area contributed by atoms with Crippen molar-refractivity contribution in [2.24, 2.45) is 0 Å². The molecule has 24 heavy (non-hydrogen) atoms. The Morgan fingerprint density at radius 1 is 1.25 bits per heavy atom. The lowest BCUT2D eigenvalue weighted by molar-refractivity contribution is 0.0423. The first-order chi connectivity index (χ1) is 11.7. The molecule has 0 unspecified atom stereocenters. The minimum Gasteiger partial charge on any atom is -0.448 e. The van der Waals surface area contributed by atoms with Crippen molar-refractivity contribution >= 4 is 5.91 Å². The fraction of sp³-hybridized carbons (Fsp3) is 0.474. The summed E-state index contributed by atoms with van der Waals surface area (Å²) in [5.74, 6) is 0.688. The third-order valence-electron chi connectivity index (χ3n) is 4.71. The molecule has 2 heterocycles. The summed E-state index contributed by atoms with van der Waals surface area (Å²) in [7, 11) is 0. The van der Waals surface area contributed by atoms with Crippen molar-refractivity contribution in [3.05, 3.63) is 53.7 Å². The van der Waals surface area contributed by atoms with Crippen LogP contribution < -0.4 is 0 Å². The van der Waals surface area contributed by atoms with E-state index in [4.69, 9.17) is 4.42 Å². The summed E-state index contributed by atoms with van der Waals surface area (Å²) >= 11 is 0. The van der Waals surface area contributed by atoms with Crippen molar-refractivity contribution in [2.45, 2.75) is 39.3 Å². The van der Waals surface area contributed by atoms with E-state index in [1.165, 1.54) is 12.0 Å². The number of rotatable bonds is 5. The van der Waals surface area contributed by atoms with Crippen LogP contribution >= 0.6 is 0 Å². The molecule has 2 aromatic rings. The van der Waals surface area contributed by atoms with Gasteiger partial charge in [-0.15, -0.1) is 0 Å². The van der Waals surface area contributed by atoms with Crippen LogP contribution in [0.4, 0.5) is 0 Å². The summed E-state index contributed by atoms with van der Waals surface area (Å²) < 4.78 is 5.33. The Kier molecular flexibility index (Phi) is 5.30. The first kappa shape index (κ1) is 16.7. The van der Waals surface area contributed by atoms with Crippen molar-refractivity contribution in [1.29, 1.82) is 0 Å². The zero-order valence-electron chi connectivity index (χ0n) is 14.4. The van der Waals surface area contributed by atoms with Crippen LogP contribution in [0.1, 0.15) is 42.1 Å². The molecule has 0 bridgehead atoms. The number of piperazine rings is 1. The molecule has 1 amide bonds. The lowest BCUT2D eigenvalue weighted by atomic mass is 10.1. The average Bonchev–Trinajstić information content (AvgIpc) is 3.10. The van der Waals surface area contributed by atoms with Crippen molar-refractivity contribution in [1.82, 2.24) is 14.8 Å². The van der Waals surface area contributed by atoms with Gasteiger partial charge in [0.1, 0.15) is 5.76 Å². The largest absolute Gasteiger partial charge is 0.448 e. The van der Waals surface area contributed by atoms with Crippen molar-refractivity contribution < 1.29 is 9.21 Å². The molecule has 1 atom stereocenters. The molecule has 1 aliphatic rings. The molecular formula is C19H25N3O2. The predicted molar refractivity (Wildman–Crippen MR) is 92.7 cm³/mol. The van der Waals surface area contributed by atoms with Crippen LogP contribution in [0.2, 0.25) is 0 Å². The van der Waals surface area contributed by atoms with Gasteiger partial charge >= 0.3 is 0 Å². The molecule has 1 aliphatic heterocycles. The number of hydrogen-bond donors (Lipinski definition) is 0. The second-order valence-corrected chi connectivity index (χ2v) is 6.26. The lowest BCUT2D eigenvalue weighted by Crippen LogP contribution is -2.54. The van der Waals surface area contributed by atoms with Crippen molar-refractivity contribution in [3.8, 4) is 0 Å². The van der Waals surface area contributed by atoms with Crippen molar-refractivity contribution in [3.63, 3.8) is 0 Å². The Morgan fingerprint density at radius 2 is 2.04 bits per heavy atom. The molecule has 1 fully saturated rings. The van der Waals surface area contributed by atoms with E-state index in [2.05, 4.69) is 41.1 Å². The molecule has 128 valence electrons. The average molecular weight is 327 g/mol. The Labute approximate surface area is 143 Å². The number of carbonyl (C=O) groups is 1. The summed E-state index contributed by atoms with van der Waals surface area (Å²) in [6, 6.07) is 10.7. The molecule has 3 rings (SSSR count). The topological polar surface area (TPSA) is 49.6 Å². The summed E-state index contributed by atoms with van der Waals surface area (Å²) in [4.78, 5) is 21.4. The van der Waals surface area contributed by atoms with E-state index >= 15 is 0 Å². The van der Waals surface area contributed by atoms with E-state index in [0.29, 0.717) is 17.9 Å². The van der Waals surface area contributed by atoms with Gasteiger partial charge in [-0.3, -0.25) is 9.69 Å². The molecule has 1 aromatic carbocycles. The SMILES string of the molecule is CCc1ocnc1C(=O)N1CCN(Cc2ccccc2)C[C@@H]1CC. The van der Waals surface area contributed by atoms with Crippen LogP contribution in [0.5, 0.6) is 0 Å². The molecule has 0 radical (unpaired) electrons. The maximum atomic E-state index is 12.9. The van der Waals surface area contributed by atoms with E-state index in [9.17, 15) is 4.79 Å². The summed E-state index contributed by atoms with van der Waals surface area (Å²) in [6.45, 7) is 7.57. The maximum absolute atomic E-state index is 12.9. The molecule has 0 aliphatic carbocycles. The fourth-order valence-electron chi connectivity index (χ4n) is 3.35. The number of carbonyl (C=O) groups excluding carboxylic acids is 1. The first-order valence-corrected chi connectivity index (χ1v) is 8.72. The summed E-state index contributed by atoms with van der Waals surface area (Å²) in [5, 5.41) is 0. The van der Waals surface area contributed by atoms with Crippen LogP contribution in [0.25, 0.3) is 0 Å². The Hall–Kier alpha value is -2.14. The first-order valence-electron chi connectivity index (χ1n) is 8.72. The number of nitrogens with zero attached hydrogens (tertiary/aromatic N) is 3. The maximum Gasteiger partial charge on any atom is 0.276 e. The smallest absolute Gasteiger partial charge is 0.276 e. The molecule has 0 saturated carbocycles. The highest BCUT2D eigenvalue weighted by atomic mass is 16.3. The third-order valence-corrected chi connectivity index (χ3v) is 4.71. The molecule has 0 N–H and O–H groups in total. The van der Waals surface area contributed by atoms with Crippen LogP contribution in [0.3, 0.4) is 0 Å². The van der Waals surface area contributed by atoms with Gasteiger partial charge in [-0.05, 0) is 12.0 Å². The number of amides is 1. The van der Waals surface area contributed by atoms with Gasteiger partial charge in [0.25, 0.3) is 5.91 Å². The Bertz CT molecular complexity index is 668. The number of benzene rings is 1. The second kappa shape index (κ2) is 7.62. The van der Waals surface area contributed by atoms with Crippen LogP contribution in [0.15, 0.2) is 41.1 Å². The van der Waals surface area contributed by atoms with Gasteiger partial charge in [0, 0.05) is 38.6 Å². The van der Waals surface area contributed by atoms with Gasteiger partial charge in [-0.25, -0.2) is 4.98 Å². The van der Waals surface area contributed by atoms with Crippen molar-refractivity contribution in [2.75, 3.05) is 19.6 Å². The summed E-state index contributed by atoms with van der Waals surface area (Å²) in [5.41, 5.74) is 1.80. The fourth-order valence-corrected chi connectivity index (χ4v) is 3.35. The zero-order chi connectivity index (χ0) is 16.9. The molecular weight excluding hydrogens is 302 g/mol. The van der Waals surface area contributed by atoms with E-state index in [1.807, 2.05) is 17.9 Å². The molecule has 5 nitrogen and oxygen atoms in total. The number of aryl methyl sites for hydroxylation is 1. The molecule has 1 saturated heterocycles. The van der Waals surface area contributed by atoms with Gasteiger partial charge < -0.3 is 9.32 Å². The third kappa shape index (κ3) is 3.51. The quantitative estimate of drug-likeness (QED) is 0.847. The van der Waals surface area contributed by atoms with E-state index < -0.39 is 0 Å². The standard InChI is InChI=1S/C19H25N3O2/c1-3-16-13-21(12-15-8-6-5-7-9-15)10-11-22(16)19(23)18-17(4-2)24-14-20-18/h5-9,14,16H,3-4,10-13H2,1-2H3/t16-/m0/s1. The van der Waals surface area contributed by atoms with Crippen LogP contribution in [-0.2, 0) is 13.0 Å². The highest BCUT2D eigenvalue weighted by Gasteiger charge is 2.32. The van der Waals surface area contributed by atoms with Crippen LogP contribution in [0, 0.1) is 0 Å². The summed E-state index contributed by atoms with van der Waals surface area (Å²) in [6.07, 6.45) is 3.00. The minimum atomic E-state index is 0.00631. The second-order valence-electron chi connectivity index (χ2n) is 6.26.